The second kappa shape index (κ2) is 6.40. The largest absolute Gasteiger partial charge is 0.378 e. The molecule has 3 rings (SSSR count). The van der Waals surface area contributed by atoms with Crippen LogP contribution >= 0.6 is 0 Å². The Morgan fingerprint density at radius 2 is 2.17 bits per heavy atom. The van der Waals surface area contributed by atoms with Crippen LogP contribution in [0.4, 0.5) is 5.69 Å². The Balaban J connectivity index is 1.78. The number of sulfonamides is 1. The number of nitrogens with zero attached hydrogens (tertiary/aromatic N) is 1. The maximum Gasteiger partial charge on any atom is 0.273 e. The van der Waals surface area contributed by atoms with Crippen LogP contribution in [0.3, 0.4) is 0 Å². The van der Waals surface area contributed by atoms with Crippen molar-refractivity contribution in [3.8, 4) is 0 Å². The molecule has 0 saturated carbocycles. The number of nitro groups is 1. The molecule has 1 aromatic carbocycles. The third kappa shape index (κ3) is 3.44. The molecule has 0 aliphatic carbocycles. The molecule has 2 unspecified atom stereocenters. The highest BCUT2D eigenvalue weighted by Gasteiger charge is 2.42. The molecule has 24 heavy (non-hydrogen) atoms. The third-order valence-corrected chi connectivity index (χ3v) is 6.09. The van der Waals surface area contributed by atoms with Crippen molar-refractivity contribution in [1.29, 1.82) is 0 Å². The predicted octanol–water partition coefficient (Wildman–Crippen LogP) is 1.52. The monoisotopic (exact) mass is 356 g/mol. The Morgan fingerprint density at radius 3 is 2.83 bits per heavy atom. The molecule has 0 bridgehead atoms. The minimum atomic E-state index is -3.83. The molecule has 2 saturated heterocycles. The first kappa shape index (κ1) is 17.3. The number of aryl methyl sites for hydroxylation is 1. The Labute approximate surface area is 140 Å². The molecule has 132 valence electrons. The van der Waals surface area contributed by atoms with Gasteiger partial charge in [0.05, 0.1) is 22.0 Å². The summed E-state index contributed by atoms with van der Waals surface area (Å²) in [6.07, 6.45) is 1.86. The first-order valence-electron chi connectivity index (χ1n) is 7.80. The standard InChI is InChI=1S/C15H20N2O6S/c1-11-2-3-13(8-14(11)17(18)19)24(20,21)16-12-4-6-23-15(9-12)5-7-22-10-15/h2-3,8,12,16H,4-7,9-10H2,1H3. The summed E-state index contributed by atoms with van der Waals surface area (Å²) < 4.78 is 39.0. The Kier molecular flexibility index (Phi) is 4.60. The molecule has 2 heterocycles. The quantitative estimate of drug-likeness (QED) is 0.647. The molecule has 8 nitrogen and oxygen atoms in total. The summed E-state index contributed by atoms with van der Waals surface area (Å²) >= 11 is 0. The van der Waals surface area contributed by atoms with Crippen LogP contribution in [-0.2, 0) is 19.5 Å². The van der Waals surface area contributed by atoms with Crippen molar-refractivity contribution in [2.45, 2.75) is 42.7 Å². The van der Waals surface area contributed by atoms with Crippen LogP contribution in [0, 0.1) is 17.0 Å². The van der Waals surface area contributed by atoms with E-state index in [4.69, 9.17) is 9.47 Å². The molecular weight excluding hydrogens is 336 g/mol. The van der Waals surface area contributed by atoms with Crippen molar-refractivity contribution in [3.05, 3.63) is 33.9 Å². The van der Waals surface area contributed by atoms with Gasteiger partial charge in [0.2, 0.25) is 10.0 Å². The first-order chi connectivity index (χ1) is 11.3. The van der Waals surface area contributed by atoms with E-state index < -0.39 is 20.5 Å². The SMILES string of the molecule is Cc1ccc(S(=O)(=O)NC2CCOC3(CCOC3)C2)cc1[N+](=O)[O-]. The molecule has 2 aliphatic rings. The Bertz CT molecular complexity index is 742. The van der Waals surface area contributed by atoms with Crippen molar-refractivity contribution in [2.75, 3.05) is 19.8 Å². The summed E-state index contributed by atoms with van der Waals surface area (Å²) in [5.41, 5.74) is -0.192. The lowest BCUT2D eigenvalue weighted by atomic mass is 9.90. The molecule has 1 aromatic rings. The van der Waals surface area contributed by atoms with E-state index in [-0.39, 0.29) is 16.6 Å². The number of nitrogens with one attached hydrogen (secondary N) is 1. The van der Waals surface area contributed by atoms with E-state index in [1.807, 2.05) is 0 Å². The van der Waals surface area contributed by atoms with Gasteiger partial charge in [-0.1, -0.05) is 6.07 Å². The van der Waals surface area contributed by atoms with Crippen LogP contribution in [-0.4, -0.2) is 44.8 Å². The van der Waals surface area contributed by atoms with Gasteiger partial charge in [-0.15, -0.1) is 0 Å². The summed E-state index contributed by atoms with van der Waals surface area (Å²) in [6, 6.07) is 3.66. The van der Waals surface area contributed by atoms with Gasteiger partial charge in [-0.05, 0) is 25.8 Å². The molecule has 0 aromatic heterocycles. The van der Waals surface area contributed by atoms with Gasteiger partial charge >= 0.3 is 0 Å². The van der Waals surface area contributed by atoms with Crippen LogP contribution in [0.2, 0.25) is 0 Å². The zero-order valence-electron chi connectivity index (χ0n) is 13.4. The summed E-state index contributed by atoms with van der Waals surface area (Å²) in [5.74, 6) is 0. The van der Waals surface area contributed by atoms with Gasteiger partial charge in [-0.25, -0.2) is 13.1 Å². The minimum absolute atomic E-state index is 0.0944. The number of benzene rings is 1. The van der Waals surface area contributed by atoms with Crippen LogP contribution in [0.15, 0.2) is 23.1 Å². The van der Waals surface area contributed by atoms with Crippen molar-refractivity contribution < 1.29 is 22.8 Å². The average Bonchev–Trinajstić information content (AvgIpc) is 2.94. The van der Waals surface area contributed by atoms with E-state index in [2.05, 4.69) is 4.72 Å². The van der Waals surface area contributed by atoms with Gasteiger partial charge < -0.3 is 9.47 Å². The van der Waals surface area contributed by atoms with Gasteiger partial charge in [0.15, 0.2) is 0 Å². The van der Waals surface area contributed by atoms with Gasteiger partial charge in [-0.3, -0.25) is 10.1 Å². The fourth-order valence-corrected chi connectivity index (χ4v) is 4.52. The summed E-state index contributed by atoms with van der Waals surface area (Å²) in [6.45, 7) is 3.12. The zero-order valence-corrected chi connectivity index (χ0v) is 14.2. The molecule has 1 N–H and O–H groups in total. The van der Waals surface area contributed by atoms with Crippen molar-refractivity contribution in [1.82, 2.24) is 4.72 Å². The predicted molar refractivity (Wildman–Crippen MR) is 85.3 cm³/mol. The number of ether oxygens (including phenoxy) is 2. The van der Waals surface area contributed by atoms with Gasteiger partial charge in [0.25, 0.3) is 5.69 Å². The summed E-state index contributed by atoms with van der Waals surface area (Å²) in [4.78, 5) is 10.4. The van der Waals surface area contributed by atoms with E-state index in [1.54, 1.807) is 6.92 Å². The lowest BCUT2D eigenvalue weighted by molar-refractivity contribution is -0.385. The van der Waals surface area contributed by atoms with Crippen LogP contribution in [0.1, 0.15) is 24.8 Å². The van der Waals surface area contributed by atoms with Gasteiger partial charge in [-0.2, -0.15) is 0 Å². The lowest BCUT2D eigenvalue weighted by Gasteiger charge is -2.37. The topological polar surface area (TPSA) is 108 Å². The molecule has 0 amide bonds. The number of hydrogen-bond acceptors (Lipinski definition) is 6. The van der Waals surface area contributed by atoms with E-state index >= 15 is 0 Å². The molecule has 2 aliphatic heterocycles. The molecule has 2 atom stereocenters. The normalized spacial score (nSPS) is 27.5. The number of hydrogen-bond donors (Lipinski definition) is 1. The lowest BCUT2D eigenvalue weighted by Crippen LogP contribution is -2.48. The maximum atomic E-state index is 12.6. The number of nitro benzene ring substituents is 1. The molecule has 1 spiro atoms. The fraction of sp³-hybridized carbons (Fsp3) is 0.600. The summed E-state index contributed by atoms with van der Waals surface area (Å²) in [7, 11) is -3.83. The van der Waals surface area contributed by atoms with Gasteiger partial charge in [0, 0.05) is 37.3 Å². The Hall–Kier alpha value is -1.55. The second-order valence-electron chi connectivity index (χ2n) is 6.35. The first-order valence-corrected chi connectivity index (χ1v) is 9.29. The highest BCUT2D eigenvalue weighted by atomic mass is 32.2. The van der Waals surface area contributed by atoms with Crippen LogP contribution in [0.25, 0.3) is 0 Å². The van der Waals surface area contributed by atoms with E-state index in [1.165, 1.54) is 12.1 Å². The number of rotatable bonds is 4. The summed E-state index contributed by atoms with van der Waals surface area (Å²) in [5, 5.41) is 11.0. The molecular formula is C15H20N2O6S. The third-order valence-electron chi connectivity index (χ3n) is 4.57. The second-order valence-corrected chi connectivity index (χ2v) is 8.06. The highest BCUT2D eigenvalue weighted by Crippen LogP contribution is 2.33. The van der Waals surface area contributed by atoms with E-state index in [0.29, 0.717) is 38.2 Å². The van der Waals surface area contributed by atoms with Crippen LogP contribution in [0.5, 0.6) is 0 Å². The van der Waals surface area contributed by atoms with E-state index in [9.17, 15) is 18.5 Å². The minimum Gasteiger partial charge on any atom is -0.378 e. The fourth-order valence-electron chi connectivity index (χ4n) is 3.23. The Morgan fingerprint density at radius 1 is 1.38 bits per heavy atom. The molecule has 9 heteroatoms. The maximum absolute atomic E-state index is 12.6. The molecule has 0 radical (unpaired) electrons. The highest BCUT2D eigenvalue weighted by molar-refractivity contribution is 7.89. The van der Waals surface area contributed by atoms with Gasteiger partial charge in [0.1, 0.15) is 0 Å². The van der Waals surface area contributed by atoms with Crippen LogP contribution < -0.4 is 4.72 Å². The van der Waals surface area contributed by atoms with Crippen molar-refractivity contribution >= 4 is 15.7 Å². The zero-order chi connectivity index (χ0) is 17.4. The average molecular weight is 356 g/mol. The smallest absolute Gasteiger partial charge is 0.273 e. The van der Waals surface area contributed by atoms with Crippen molar-refractivity contribution in [3.63, 3.8) is 0 Å². The van der Waals surface area contributed by atoms with E-state index in [0.717, 1.165) is 12.5 Å². The molecule has 2 fully saturated rings. The van der Waals surface area contributed by atoms with Crippen molar-refractivity contribution in [2.24, 2.45) is 0 Å².